The van der Waals surface area contributed by atoms with Crippen molar-refractivity contribution in [3.8, 4) is 5.69 Å². The molecule has 1 aromatic heterocycles. The molecule has 6 heteroatoms. The summed E-state index contributed by atoms with van der Waals surface area (Å²) >= 11 is 7.77. The van der Waals surface area contributed by atoms with Crippen molar-refractivity contribution < 1.29 is 4.74 Å². The quantitative estimate of drug-likeness (QED) is 0.572. The Hall–Kier alpha value is -1.82. The van der Waals surface area contributed by atoms with Gasteiger partial charge in [0.25, 0.3) is 0 Å². The van der Waals surface area contributed by atoms with Crippen LogP contribution < -0.4 is 0 Å². The molecule has 0 spiro atoms. The highest BCUT2D eigenvalue weighted by Crippen LogP contribution is 2.27. The molecule has 1 aliphatic heterocycles. The first kappa shape index (κ1) is 17.6. The summed E-state index contributed by atoms with van der Waals surface area (Å²) in [6.07, 6.45) is 3.32. The van der Waals surface area contributed by atoms with Crippen molar-refractivity contribution in [3.05, 3.63) is 71.0 Å². The molecule has 1 unspecified atom stereocenters. The van der Waals surface area contributed by atoms with Gasteiger partial charge in [0.15, 0.2) is 5.16 Å². The molecule has 1 fully saturated rings. The summed E-state index contributed by atoms with van der Waals surface area (Å²) in [5.41, 5.74) is 2.24. The highest BCUT2D eigenvalue weighted by atomic mass is 35.5. The van der Waals surface area contributed by atoms with Crippen LogP contribution in [0.25, 0.3) is 5.69 Å². The Bertz CT molecular complexity index is 845. The van der Waals surface area contributed by atoms with E-state index >= 15 is 0 Å². The minimum absolute atomic E-state index is 0.313. The standard InChI is InChI=1S/C20H20ClN3OS/c21-16-8-10-17(11-9-16)24-19(13-15-5-2-1-3-6-15)22-23-20(24)26-14-18-7-4-12-25-18/h1-3,5-6,8-11,18H,4,7,12-14H2. The average Bonchev–Trinajstić information content (AvgIpc) is 3.32. The first-order valence-corrected chi connectivity index (χ1v) is 10.1. The Morgan fingerprint density at radius 1 is 1.08 bits per heavy atom. The lowest BCUT2D eigenvalue weighted by molar-refractivity contribution is 0.129. The van der Waals surface area contributed by atoms with Crippen molar-refractivity contribution in [1.29, 1.82) is 0 Å². The predicted molar refractivity (Wildman–Crippen MR) is 105 cm³/mol. The SMILES string of the molecule is Clc1ccc(-n2c(Cc3ccccc3)nnc2SCC2CCCO2)cc1. The van der Waals surface area contributed by atoms with Gasteiger partial charge in [-0.1, -0.05) is 53.7 Å². The normalized spacial score (nSPS) is 16.9. The van der Waals surface area contributed by atoms with E-state index in [0.717, 1.165) is 53.3 Å². The van der Waals surface area contributed by atoms with Crippen LogP contribution in [-0.2, 0) is 11.2 Å². The second-order valence-corrected chi connectivity index (χ2v) is 7.74. The molecule has 1 atom stereocenters. The molecule has 2 aromatic carbocycles. The zero-order valence-electron chi connectivity index (χ0n) is 14.3. The minimum atomic E-state index is 0.313. The van der Waals surface area contributed by atoms with E-state index in [-0.39, 0.29) is 0 Å². The number of hydrogen-bond donors (Lipinski definition) is 0. The van der Waals surface area contributed by atoms with Gasteiger partial charge in [-0.3, -0.25) is 4.57 Å². The number of aromatic nitrogens is 3. The van der Waals surface area contributed by atoms with Crippen LogP contribution in [0.3, 0.4) is 0 Å². The molecule has 26 heavy (non-hydrogen) atoms. The van der Waals surface area contributed by atoms with Gasteiger partial charge in [-0.15, -0.1) is 10.2 Å². The summed E-state index contributed by atoms with van der Waals surface area (Å²) in [6, 6.07) is 18.2. The first-order chi connectivity index (χ1) is 12.8. The van der Waals surface area contributed by atoms with Crippen molar-refractivity contribution in [2.45, 2.75) is 30.5 Å². The number of nitrogens with zero attached hydrogens (tertiary/aromatic N) is 3. The number of thioether (sulfide) groups is 1. The maximum absolute atomic E-state index is 6.07. The van der Waals surface area contributed by atoms with Crippen LogP contribution >= 0.6 is 23.4 Å². The number of ether oxygens (including phenoxy) is 1. The van der Waals surface area contributed by atoms with E-state index in [4.69, 9.17) is 16.3 Å². The number of halogens is 1. The molecule has 134 valence electrons. The Labute approximate surface area is 162 Å². The third-order valence-corrected chi connectivity index (χ3v) is 5.73. The fraction of sp³-hybridized carbons (Fsp3) is 0.300. The monoisotopic (exact) mass is 385 g/mol. The van der Waals surface area contributed by atoms with Crippen molar-refractivity contribution in [1.82, 2.24) is 14.8 Å². The molecule has 0 amide bonds. The second kappa shape index (κ2) is 8.25. The second-order valence-electron chi connectivity index (χ2n) is 6.32. The molecule has 3 aromatic rings. The van der Waals surface area contributed by atoms with Gasteiger partial charge >= 0.3 is 0 Å². The minimum Gasteiger partial charge on any atom is -0.377 e. The third-order valence-electron chi connectivity index (χ3n) is 4.41. The molecule has 2 heterocycles. The average molecular weight is 386 g/mol. The van der Waals surface area contributed by atoms with Crippen LogP contribution in [-0.4, -0.2) is 33.2 Å². The van der Waals surface area contributed by atoms with Crippen LogP contribution in [0.5, 0.6) is 0 Å². The maximum Gasteiger partial charge on any atom is 0.195 e. The molecule has 0 radical (unpaired) electrons. The van der Waals surface area contributed by atoms with Crippen molar-refractivity contribution >= 4 is 23.4 Å². The summed E-state index contributed by atoms with van der Waals surface area (Å²) in [4.78, 5) is 0. The Kier molecular flexibility index (Phi) is 5.58. The number of rotatable bonds is 6. The molecule has 0 aliphatic carbocycles. The van der Waals surface area contributed by atoms with E-state index in [2.05, 4.69) is 26.9 Å². The highest BCUT2D eigenvalue weighted by molar-refractivity contribution is 7.99. The third kappa shape index (κ3) is 4.11. The van der Waals surface area contributed by atoms with E-state index in [1.165, 1.54) is 5.56 Å². The summed E-state index contributed by atoms with van der Waals surface area (Å²) < 4.78 is 7.87. The molecule has 0 saturated carbocycles. The summed E-state index contributed by atoms with van der Waals surface area (Å²) in [5, 5.41) is 10.6. The van der Waals surface area contributed by atoms with Crippen LogP contribution in [0.4, 0.5) is 0 Å². The molecule has 4 rings (SSSR count). The molecule has 1 saturated heterocycles. The molecular weight excluding hydrogens is 366 g/mol. The Morgan fingerprint density at radius 2 is 1.88 bits per heavy atom. The summed E-state index contributed by atoms with van der Waals surface area (Å²) in [6.45, 7) is 0.869. The number of benzene rings is 2. The van der Waals surface area contributed by atoms with Crippen molar-refractivity contribution in [2.24, 2.45) is 0 Å². The lowest BCUT2D eigenvalue weighted by atomic mass is 10.1. The van der Waals surface area contributed by atoms with Gasteiger partial charge in [0.05, 0.1) is 6.10 Å². The fourth-order valence-corrected chi connectivity index (χ4v) is 4.24. The van der Waals surface area contributed by atoms with E-state index in [0.29, 0.717) is 6.10 Å². The van der Waals surface area contributed by atoms with E-state index in [1.807, 2.05) is 42.5 Å². The van der Waals surface area contributed by atoms with Crippen LogP contribution in [0.1, 0.15) is 24.2 Å². The summed E-state index contributed by atoms with van der Waals surface area (Å²) in [7, 11) is 0. The molecule has 4 nitrogen and oxygen atoms in total. The lowest BCUT2D eigenvalue weighted by Crippen LogP contribution is -2.09. The topological polar surface area (TPSA) is 39.9 Å². The Balaban J connectivity index is 1.63. The summed E-state index contributed by atoms with van der Waals surface area (Å²) in [5.74, 6) is 1.82. The molecule has 0 N–H and O–H groups in total. The van der Waals surface area contributed by atoms with Gasteiger partial charge in [-0.2, -0.15) is 0 Å². The smallest absolute Gasteiger partial charge is 0.195 e. The molecule has 1 aliphatic rings. The van der Waals surface area contributed by atoms with Crippen LogP contribution in [0.15, 0.2) is 59.8 Å². The number of hydrogen-bond acceptors (Lipinski definition) is 4. The molecule has 0 bridgehead atoms. The Morgan fingerprint density at radius 3 is 2.62 bits per heavy atom. The largest absolute Gasteiger partial charge is 0.377 e. The van der Waals surface area contributed by atoms with Crippen LogP contribution in [0.2, 0.25) is 5.02 Å². The fourth-order valence-electron chi connectivity index (χ4n) is 3.08. The van der Waals surface area contributed by atoms with Gasteiger partial charge in [0, 0.05) is 29.5 Å². The van der Waals surface area contributed by atoms with Gasteiger partial charge < -0.3 is 4.74 Å². The van der Waals surface area contributed by atoms with Gasteiger partial charge in [-0.05, 0) is 42.7 Å². The van der Waals surface area contributed by atoms with Crippen LogP contribution in [0, 0.1) is 0 Å². The van der Waals surface area contributed by atoms with E-state index in [9.17, 15) is 0 Å². The zero-order valence-corrected chi connectivity index (χ0v) is 15.9. The highest BCUT2D eigenvalue weighted by Gasteiger charge is 2.20. The van der Waals surface area contributed by atoms with Crippen molar-refractivity contribution in [2.75, 3.05) is 12.4 Å². The molecular formula is C20H20ClN3OS. The van der Waals surface area contributed by atoms with Gasteiger partial charge in [0.2, 0.25) is 0 Å². The van der Waals surface area contributed by atoms with E-state index < -0.39 is 0 Å². The van der Waals surface area contributed by atoms with Gasteiger partial charge in [-0.25, -0.2) is 0 Å². The van der Waals surface area contributed by atoms with Crippen molar-refractivity contribution in [3.63, 3.8) is 0 Å². The zero-order chi connectivity index (χ0) is 17.8. The predicted octanol–water partition coefficient (Wildman–Crippen LogP) is 4.78. The maximum atomic E-state index is 6.07. The lowest BCUT2D eigenvalue weighted by Gasteiger charge is -2.12. The van der Waals surface area contributed by atoms with E-state index in [1.54, 1.807) is 11.8 Å². The van der Waals surface area contributed by atoms with Gasteiger partial charge in [0.1, 0.15) is 5.82 Å². The first-order valence-electron chi connectivity index (χ1n) is 8.78.